The lowest BCUT2D eigenvalue weighted by molar-refractivity contribution is -0.0592. The predicted molar refractivity (Wildman–Crippen MR) is 126 cm³/mol. The van der Waals surface area contributed by atoms with Gasteiger partial charge in [0.1, 0.15) is 28.7 Å². The normalized spacial score (nSPS) is 22.1. The zero-order valence-corrected chi connectivity index (χ0v) is 19.0. The summed E-state index contributed by atoms with van der Waals surface area (Å²) in [5.41, 5.74) is 0.600. The number of nitrogens with one attached hydrogen (secondary N) is 1. The second-order valence-corrected chi connectivity index (χ2v) is 9.62. The molecule has 10 nitrogen and oxygen atoms in total. The molecule has 0 unspecified atom stereocenters. The Bertz CT molecular complexity index is 1770. The van der Waals surface area contributed by atoms with Crippen molar-refractivity contribution >= 4 is 21.7 Å². The van der Waals surface area contributed by atoms with E-state index >= 15 is 0 Å². The molecule has 10 heteroatoms. The Morgan fingerprint density at radius 1 is 0.972 bits per heavy atom. The minimum absolute atomic E-state index is 0.0551. The Balaban J connectivity index is 1.66. The van der Waals surface area contributed by atoms with E-state index in [2.05, 4.69) is 4.98 Å². The molecule has 0 saturated carbocycles. The van der Waals surface area contributed by atoms with E-state index in [1.807, 2.05) is 0 Å². The molecular weight excluding hydrogens is 470 g/mol. The number of aliphatic hydroxyl groups is 2. The summed E-state index contributed by atoms with van der Waals surface area (Å²) in [5.74, 6) is -0.710. The van der Waals surface area contributed by atoms with Gasteiger partial charge in [0.05, 0.1) is 23.2 Å². The highest BCUT2D eigenvalue weighted by molar-refractivity contribution is 6.05. The smallest absolute Gasteiger partial charge is 0.259 e. The molecule has 36 heavy (non-hydrogen) atoms. The monoisotopic (exact) mass is 491 g/mol. The van der Waals surface area contributed by atoms with E-state index in [4.69, 9.17) is 13.9 Å². The molecule has 3 atom stereocenters. The van der Waals surface area contributed by atoms with Crippen LogP contribution in [-0.4, -0.2) is 32.2 Å². The summed E-state index contributed by atoms with van der Waals surface area (Å²) in [5, 5.41) is 44.2. The minimum atomic E-state index is -1.17. The lowest BCUT2D eigenvalue weighted by Crippen LogP contribution is -2.26. The molecule has 0 saturated heterocycles. The number of hydrogen-bond acceptors (Lipinski definition) is 9. The average molecular weight is 491 g/mol. The number of aliphatic hydroxyl groups excluding tert-OH is 2. The van der Waals surface area contributed by atoms with Gasteiger partial charge in [0.25, 0.3) is 5.56 Å². The lowest BCUT2D eigenvalue weighted by atomic mass is 9.79. The summed E-state index contributed by atoms with van der Waals surface area (Å²) < 4.78 is 17.6. The number of H-pyrrole nitrogens is 1. The van der Waals surface area contributed by atoms with Crippen molar-refractivity contribution in [2.24, 2.45) is 0 Å². The van der Waals surface area contributed by atoms with Gasteiger partial charge in [0, 0.05) is 28.8 Å². The van der Waals surface area contributed by atoms with Gasteiger partial charge in [0.2, 0.25) is 5.43 Å². The van der Waals surface area contributed by atoms with Crippen LogP contribution in [0.5, 0.6) is 17.2 Å². The quantitative estimate of drug-likeness (QED) is 0.249. The van der Waals surface area contributed by atoms with Crippen LogP contribution in [0.3, 0.4) is 0 Å². The topological polar surface area (TPSA) is 162 Å². The number of rotatable bonds is 0. The highest BCUT2D eigenvalue weighted by Gasteiger charge is 2.41. The average Bonchev–Trinajstić information content (AvgIpc) is 2.83. The third-order valence-corrected chi connectivity index (χ3v) is 7.49. The third-order valence-electron chi connectivity index (χ3n) is 7.49. The zero-order valence-electron chi connectivity index (χ0n) is 19.0. The molecule has 184 valence electrons. The van der Waals surface area contributed by atoms with Crippen LogP contribution in [0.25, 0.3) is 32.9 Å². The molecule has 2 aromatic heterocycles. The van der Waals surface area contributed by atoms with Crippen LogP contribution >= 0.6 is 0 Å². The highest BCUT2D eigenvalue weighted by atomic mass is 16.7. The first-order valence-electron chi connectivity index (χ1n) is 11.6. The largest absolute Gasteiger partial charge is 0.506 e. The van der Waals surface area contributed by atoms with E-state index < -0.39 is 35.0 Å². The molecule has 0 spiro atoms. The molecule has 3 aliphatic rings. The number of benzene rings is 2. The van der Waals surface area contributed by atoms with Gasteiger partial charge < -0.3 is 39.3 Å². The maximum absolute atomic E-state index is 13.6. The van der Waals surface area contributed by atoms with Crippen LogP contribution in [-0.2, 0) is 11.2 Å². The van der Waals surface area contributed by atoms with Crippen LogP contribution < -0.4 is 15.7 Å². The fourth-order valence-corrected chi connectivity index (χ4v) is 5.96. The Labute approximate surface area is 202 Å². The predicted octanol–water partition coefficient (Wildman–Crippen LogP) is 2.85. The molecule has 0 fully saturated rings. The van der Waals surface area contributed by atoms with Gasteiger partial charge >= 0.3 is 0 Å². The molecule has 3 heterocycles. The second kappa shape index (κ2) is 7.10. The molecule has 5 N–H and O–H groups in total. The van der Waals surface area contributed by atoms with Crippen molar-refractivity contribution in [3.05, 3.63) is 60.9 Å². The number of phenols is 2. The Hall–Kier alpha value is -3.86. The molecule has 7 rings (SSSR count). The molecule has 0 radical (unpaired) electrons. The van der Waals surface area contributed by atoms with Crippen molar-refractivity contribution in [2.75, 3.05) is 6.79 Å². The summed E-state index contributed by atoms with van der Waals surface area (Å²) in [6.07, 6.45) is -2.15. The maximum atomic E-state index is 13.6. The number of phenolic OH excluding ortho intramolecular Hbond substituents is 2. The second-order valence-electron chi connectivity index (χ2n) is 9.62. The number of aryl methyl sites for hydroxylation is 1. The van der Waals surface area contributed by atoms with Crippen LogP contribution in [0.4, 0.5) is 0 Å². The maximum Gasteiger partial charge on any atom is 0.259 e. The summed E-state index contributed by atoms with van der Waals surface area (Å²) in [4.78, 5) is 29.0. The standard InChI is InChI=1S/C26H21NO9/c1-8-4-9-5-10-6-13-17-18(14(10)20(30)15(9)26(33)27-8)22(32)19-21(31)16-11(28)2-3-12(29)23(16)36-25(19)24(17)35-7-34-13/h4-5,11-13,28-30,32H,2-3,6-7H2,1H3,(H,27,33)/t11-,12+,13+/m0/s1. The summed E-state index contributed by atoms with van der Waals surface area (Å²) in [6.45, 7) is 1.60. The van der Waals surface area contributed by atoms with E-state index in [0.29, 0.717) is 28.6 Å². The number of aromatic amines is 1. The first-order valence-corrected chi connectivity index (χ1v) is 11.6. The molecule has 1 aliphatic heterocycles. The van der Waals surface area contributed by atoms with Crippen LogP contribution in [0.2, 0.25) is 0 Å². The number of hydrogen-bond donors (Lipinski definition) is 5. The summed E-state index contributed by atoms with van der Waals surface area (Å²) in [6, 6.07) is 3.52. The summed E-state index contributed by atoms with van der Waals surface area (Å²) in [7, 11) is 0. The van der Waals surface area contributed by atoms with Gasteiger partial charge in [-0.1, -0.05) is 0 Å². The molecule has 0 bridgehead atoms. The van der Waals surface area contributed by atoms with Crippen LogP contribution in [0, 0.1) is 6.92 Å². The molecule has 4 aromatic rings. The van der Waals surface area contributed by atoms with Crippen LogP contribution in [0.15, 0.2) is 26.1 Å². The van der Waals surface area contributed by atoms with Crippen molar-refractivity contribution < 1.29 is 34.3 Å². The van der Waals surface area contributed by atoms with Crippen molar-refractivity contribution in [2.45, 2.75) is 44.5 Å². The minimum Gasteiger partial charge on any atom is -0.506 e. The zero-order chi connectivity index (χ0) is 25.0. The number of aromatic hydroxyl groups is 2. The van der Waals surface area contributed by atoms with Crippen molar-refractivity contribution in [1.82, 2.24) is 4.98 Å². The number of ether oxygens (including phenoxy) is 2. The van der Waals surface area contributed by atoms with Crippen molar-refractivity contribution in [3.8, 4) is 28.4 Å². The number of fused-ring (bicyclic) bond motifs is 6. The van der Waals surface area contributed by atoms with Gasteiger partial charge in [0.15, 0.2) is 18.1 Å². The fourth-order valence-electron chi connectivity index (χ4n) is 5.96. The highest BCUT2D eigenvalue weighted by Crippen LogP contribution is 2.57. The SMILES string of the molecule is Cc1cc2cc3c(c(O)c2c(=O)[nH]1)-c1c2c(c4oc5c(c(=O)c4c1O)[C@@H](O)CC[C@H]5O)OCO[C@@H]2C3. The van der Waals surface area contributed by atoms with Gasteiger partial charge in [-0.05, 0) is 42.8 Å². The van der Waals surface area contributed by atoms with E-state index in [1.165, 1.54) is 0 Å². The molecule has 0 amide bonds. The molecule has 2 aromatic carbocycles. The van der Waals surface area contributed by atoms with E-state index in [-0.39, 0.29) is 69.9 Å². The lowest BCUT2D eigenvalue weighted by Gasteiger charge is -2.35. The third kappa shape index (κ3) is 2.60. The van der Waals surface area contributed by atoms with Gasteiger partial charge in [-0.2, -0.15) is 0 Å². The Morgan fingerprint density at radius 3 is 2.53 bits per heavy atom. The number of pyridine rings is 1. The van der Waals surface area contributed by atoms with Crippen LogP contribution in [0.1, 0.15) is 59.3 Å². The van der Waals surface area contributed by atoms with Crippen molar-refractivity contribution in [3.63, 3.8) is 0 Å². The van der Waals surface area contributed by atoms with Gasteiger partial charge in [-0.25, -0.2) is 0 Å². The van der Waals surface area contributed by atoms with Gasteiger partial charge in [-0.3, -0.25) is 9.59 Å². The van der Waals surface area contributed by atoms with E-state index in [1.54, 1.807) is 19.1 Å². The Kier molecular flexibility index (Phi) is 4.22. The van der Waals surface area contributed by atoms with Crippen molar-refractivity contribution in [1.29, 1.82) is 0 Å². The Morgan fingerprint density at radius 2 is 1.72 bits per heavy atom. The first-order chi connectivity index (χ1) is 17.3. The fraction of sp³-hybridized carbons (Fsp3) is 0.308. The van der Waals surface area contributed by atoms with E-state index in [9.17, 15) is 30.0 Å². The van der Waals surface area contributed by atoms with E-state index in [0.717, 1.165) is 0 Å². The van der Waals surface area contributed by atoms with Gasteiger partial charge in [-0.15, -0.1) is 0 Å². The number of aromatic nitrogens is 1. The summed E-state index contributed by atoms with van der Waals surface area (Å²) >= 11 is 0. The first kappa shape index (κ1) is 21.4. The molecular formula is C26H21NO9. The molecule has 2 aliphatic carbocycles.